The number of amides is 2. The van der Waals surface area contributed by atoms with E-state index in [1.165, 1.54) is 0 Å². The van der Waals surface area contributed by atoms with Crippen LogP contribution in [0, 0.1) is 11.8 Å². The van der Waals surface area contributed by atoms with Crippen LogP contribution in [0.25, 0.3) is 0 Å². The molecule has 0 aliphatic carbocycles. The van der Waals surface area contributed by atoms with Crippen molar-refractivity contribution in [1.82, 2.24) is 10.2 Å². The van der Waals surface area contributed by atoms with Crippen molar-refractivity contribution in [1.29, 1.82) is 0 Å². The SMILES string of the molecule is CC(C)CO[C@H](C)C(=O)NCCCN1CCC[C@@H](C(N)=O)C1. The van der Waals surface area contributed by atoms with E-state index >= 15 is 0 Å². The lowest BCUT2D eigenvalue weighted by atomic mass is 9.97. The molecule has 6 nitrogen and oxygen atoms in total. The van der Waals surface area contributed by atoms with Gasteiger partial charge in [-0.25, -0.2) is 0 Å². The predicted octanol–water partition coefficient (Wildman–Crippen LogP) is 0.751. The van der Waals surface area contributed by atoms with Gasteiger partial charge in [-0.05, 0) is 45.2 Å². The molecule has 0 aromatic carbocycles. The van der Waals surface area contributed by atoms with E-state index in [1.54, 1.807) is 6.92 Å². The van der Waals surface area contributed by atoms with Crippen molar-refractivity contribution in [2.24, 2.45) is 17.6 Å². The maximum atomic E-state index is 11.8. The van der Waals surface area contributed by atoms with E-state index in [-0.39, 0.29) is 17.7 Å². The summed E-state index contributed by atoms with van der Waals surface area (Å²) in [5, 5.41) is 2.90. The maximum absolute atomic E-state index is 11.8. The summed E-state index contributed by atoms with van der Waals surface area (Å²) in [5.74, 6) is 0.142. The smallest absolute Gasteiger partial charge is 0.248 e. The highest BCUT2D eigenvalue weighted by Gasteiger charge is 2.23. The number of hydrogen-bond acceptors (Lipinski definition) is 4. The fourth-order valence-electron chi connectivity index (χ4n) is 2.56. The van der Waals surface area contributed by atoms with Crippen LogP contribution in [0.3, 0.4) is 0 Å². The van der Waals surface area contributed by atoms with Crippen LogP contribution in [0.15, 0.2) is 0 Å². The van der Waals surface area contributed by atoms with Crippen LogP contribution in [0.2, 0.25) is 0 Å². The number of nitrogens with two attached hydrogens (primary N) is 1. The molecule has 0 aromatic heterocycles. The van der Waals surface area contributed by atoms with Crippen LogP contribution in [0.5, 0.6) is 0 Å². The van der Waals surface area contributed by atoms with E-state index in [9.17, 15) is 9.59 Å². The molecule has 2 amide bonds. The molecule has 1 aliphatic heterocycles. The molecule has 0 radical (unpaired) electrons. The van der Waals surface area contributed by atoms with Crippen molar-refractivity contribution in [3.8, 4) is 0 Å². The Kier molecular flexibility index (Phi) is 8.42. The Labute approximate surface area is 133 Å². The average molecular weight is 313 g/mol. The van der Waals surface area contributed by atoms with E-state index in [1.807, 2.05) is 0 Å². The third-order valence-corrected chi connectivity index (χ3v) is 3.91. The fraction of sp³-hybridized carbons (Fsp3) is 0.875. The summed E-state index contributed by atoms with van der Waals surface area (Å²) in [6, 6.07) is 0. The maximum Gasteiger partial charge on any atom is 0.248 e. The molecule has 0 spiro atoms. The molecular formula is C16H31N3O3. The molecule has 1 saturated heterocycles. The quantitative estimate of drug-likeness (QED) is 0.615. The third-order valence-electron chi connectivity index (χ3n) is 3.91. The Bertz CT molecular complexity index is 361. The minimum absolute atomic E-state index is 0.0206. The molecule has 22 heavy (non-hydrogen) atoms. The standard InChI is InChI=1S/C16H31N3O3/c1-12(2)11-22-13(3)16(21)18-7-5-9-19-8-4-6-14(10-19)15(17)20/h12-14H,4-11H2,1-3H3,(H2,17,20)(H,18,21)/t13-,14-/m1/s1. The highest BCUT2D eigenvalue weighted by molar-refractivity contribution is 5.80. The third kappa shape index (κ3) is 7.22. The normalized spacial score (nSPS) is 20.8. The monoisotopic (exact) mass is 313 g/mol. The fourth-order valence-corrected chi connectivity index (χ4v) is 2.56. The van der Waals surface area contributed by atoms with Crippen molar-refractivity contribution in [2.45, 2.75) is 46.1 Å². The molecule has 1 heterocycles. The Morgan fingerprint density at radius 2 is 2.09 bits per heavy atom. The second-order valence-corrected chi connectivity index (χ2v) is 6.56. The summed E-state index contributed by atoms with van der Waals surface area (Å²) in [5.41, 5.74) is 5.37. The molecule has 1 fully saturated rings. The first-order valence-electron chi connectivity index (χ1n) is 8.31. The molecule has 0 aromatic rings. The minimum atomic E-state index is -0.406. The molecule has 0 bridgehead atoms. The van der Waals surface area contributed by atoms with Gasteiger partial charge in [-0.15, -0.1) is 0 Å². The molecule has 2 atom stereocenters. The number of carbonyl (C=O) groups excluding carboxylic acids is 2. The van der Waals surface area contributed by atoms with Crippen LogP contribution >= 0.6 is 0 Å². The van der Waals surface area contributed by atoms with Crippen LogP contribution in [-0.2, 0) is 14.3 Å². The Morgan fingerprint density at radius 3 is 2.73 bits per heavy atom. The summed E-state index contributed by atoms with van der Waals surface area (Å²) >= 11 is 0. The largest absolute Gasteiger partial charge is 0.369 e. The van der Waals surface area contributed by atoms with E-state index in [0.29, 0.717) is 19.1 Å². The number of ether oxygens (including phenoxy) is 1. The molecule has 128 valence electrons. The molecule has 1 aliphatic rings. The zero-order valence-corrected chi connectivity index (χ0v) is 14.1. The number of rotatable bonds is 9. The summed E-state index contributed by atoms with van der Waals surface area (Å²) < 4.78 is 5.48. The number of primary amides is 1. The molecular weight excluding hydrogens is 282 g/mol. The van der Waals surface area contributed by atoms with Gasteiger partial charge in [0.15, 0.2) is 0 Å². The lowest BCUT2D eigenvalue weighted by molar-refractivity contribution is -0.132. The van der Waals surface area contributed by atoms with Gasteiger partial charge < -0.3 is 20.7 Å². The molecule has 6 heteroatoms. The van der Waals surface area contributed by atoms with Gasteiger partial charge in [-0.3, -0.25) is 9.59 Å². The number of piperidine rings is 1. The lowest BCUT2D eigenvalue weighted by Gasteiger charge is -2.31. The Hall–Kier alpha value is -1.14. The molecule has 0 saturated carbocycles. The second kappa shape index (κ2) is 9.79. The van der Waals surface area contributed by atoms with Crippen molar-refractivity contribution >= 4 is 11.8 Å². The Morgan fingerprint density at radius 1 is 1.36 bits per heavy atom. The minimum Gasteiger partial charge on any atom is -0.369 e. The van der Waals surface area contributed by atoms with Gasteiger partial charge in [0.05, 0.1) is 5.92 Å². The van der Waals surface area contributed by atoms with E-state index in [4.69, 9.17) is 10.5 Å². The van der Waals surface area contributed by atoms with Gasteiger partial charge in [-0.2, -0.15) is 0 Å². The van der Waals surface area contributed by atoms with Crippen LogP contribution in [-0.4, -0.2) is 55.6 Å². The van der Waals surface area contributed by atoms with E-state index < -0.39 is 6.10 Å². The van der Waals surface area contributed by atoms with Gasteiger partial charge in [0, 0.05) is 19.7 Å². The first kappa shape index (κ1) is 18.9. The highest BCUT2D eigenvalue weighted by Crippen LogP contribution is 2.15. The number of nitrogens with one attached hydrogen (secondary N) is 1. The summed E-state index contributed by atoms with van der Waals surface area (Å²) in [7, 11) is 0. The summed E-state index contributed by atoms with van der Waals surface area (Å²) in [4.78, 5) is 25.3. The number of likely N-dealkylation sites (tertiary alicyclic amines) is 1. The molecule has 3 N–H and O–H groups in total. The van der Waals surface area contributed by atoms with E-state index in [2.05, 4.69) is 24.1 Å². The van der Waals surface area contributed by atoms with Crippen molar-refractivity contribution in [3.05, 3.63) is 0 Å². The van der Waals surface area contributed by atoms with E-state index in [0.717, 1.165) is 38.9 Å². The van der Waals surface area contributed by atoms with Gasteiger partial charge in [0.1, 0.15) is 6.10 Å². The zero-order chi connectivity index (χ0) is 16.5. The highest BCUT2D eigenvalue weighted by atomic mass is 16.5. The van der Waals surface area contributed by atoms with Gasteiger partial charge in [0.2, 0.25) is 11.8 Å². The predicted molar refractivity (Wildman–Crippen MR) is 86.2 cm³/mol. The summed E-state index contributed by atoms with van der Waals surface area (Å²) in [6.07, 6.45) is 2.37. The topological polar surface area (TPSA) is 84.7 Å². The van der Waals surface area contributed by atoms with Crippen molar-refractivity contribution < 1.29 is 14.3 Å². The van der Waals surface area contributed by atoms with Gasteiger partial charge in [-0.1, -0.05) is 13.8 Å². The average Bonchev–Trinajstić information content (AvgIpc) is 2.49. The second-order valence-electron chi connectivity index (χ2n) is 6.56. The zero-order valence-electron chi connectivity index (χ0n) is 14.1. The van der Waals surface area contributed by atoms with Crippen molar-refractivity contribution in [2.75, 3.05) is 32.8 Å². The first-order chi connectivity index (χ1) is 10.4. The van der Waals surface area contributed by atoms with Crippen LogP contribution < -0.4 is 11.1 Å². The summed E-state index contributed by atoms with van der Waals surface area (Å²) in [6.45, 7) is 9.75. The first-order valence-corrected chi connectivity index (χ1v) is 8.31. The van der Waals surface area contributed by atoms with Gasteiger partial charge in [0.25, 0.3) is 0 Å². The number of carbonyl (C=O) groups is 2. The number of nitrogens with zero attached hydrogens (tertiary/aromatic N) is 1. The number of hydrogen-bond donors (Lipinski definition) is 2. The molecule has 1 rings (SSSR count). The Balaban J connectivity index is 2.14. The van der Waals surface area contributed by atoms with Crippen LogP contribution in [0.4, 0.5) is 0 Å². The van der Waals surface area contributed by atoms with Crippen LogP contribution in [0.1, 0.15) is 40.0 Å². The lowest BCUT2D eigenvalue weighted by Crippen LogP contribution is -2.42. The van der Waals surface area contributed by atoms with Gasteiger partial charge >= 0.3 is 0 Å². The van der Waals surface area contributed by atoms with Crippen molar-refractivity contribution in [3.63, 3.8) is 0 Å². The molecule has 0 unspecified atom stereocenters.